The van der Waals surface area contributed by atoms with Gasteiger partial charge in [0.15, 0.2) is 0 Å². The Bertz CT molecular complexity index is 773. The maximum Gasteiger partial charge on any atom is 0.229 e. The van der Waals surface area contributed by atoms with Gasteiger partial charge < -0.3 is 0 Å². The Balaban J connectivity index is 2.00. The lowest BCUT2D eigenvalue weighted by atomic mass is 9.93. The van der Waals surface area contributed by atoms with Crippen LogP contribution in [-0.4, -0.2) is 11.6 Å². The molecule has 21 heavy (non-hydrogen) atoms. The SMILES string of the molecule is O=C1C(=O)C(Cc2ccc(F)cc2Cl)c2ccc(I)cc21. The van der Waals surface area contributed by atoms with Gasteiger partial charge in [0.05, 0.1) is 5.92 Å². The number of rotatable bonds is 2. The highest BCUT2D eigenvalue weighted by molar-refractivity contribution is 14.1. The lowest BCUT2D eigenvalue weighted by Gasteiger charge is -2.11. The molecule has 106 valence electrons. The highest BCUT2D eigenvalue weighted by atomic mass is 127. The van der Waals surface area contributed by atoms with E-state index >= 15 is 0 Å². The van der Waals surface area contributed by atoms with Gasteiger partial charge in [-0.25, -0.2) is 4.39 Å². The number of halogens is 3. The van der Waals surface area contributed by atoms with Crippen LogP contribution in [0.2, 0.25) is 5.02 Å². The summed E-state index contributed by atoms with van der Waals surface area (Å²) in [5.41, 5.74) is 1.86. The molecule has 0 saturated heterocycles. The van der Waals surface area contributed by atoms with E-state index in [4.69, 9.17) is 11.6 Å². The van der Waals surface area contributed by atoms with E-state index in [2.05, 4.69) is 22.6 Å². The molecule has 2 aromatic carbocycles. The first-order chi connectivity index (χ1) is 9.97. The lowest BCUT2D eigenvalue weighted by Crippen LogP contribution is -2.14. The number of ketones is 2. The van der Waals surface area contributed by atoms with Gasteiger partial charge in [-0.2, -0.15) is 0 Å². The second-order valence-corrected chi connectivity index (χ2v) is 6.57. The van der Waals surface area contributed by atoms with E-state index in [0.717, 1.165) is 9.13 Å². The summed E-state index contributed by atoms with van der Waals surface area (Å²) in [7, 11) is 0. The fraction of sp³-hybridized carbons (Fsp3) is 0.125. The van der Waals surface area contributed by atoms with Gasteiger partial charge in [-0.1, -0.05) is 23.7 Å². The molecule has 1 atom stereocenters. The number of hydrogen-bond donors (Lipinski definition) is 0. The summed E-state index contributed by atoms with van der Waals surface area (Å²) >= 11 is 8.11. The van der Waals surface area contributed by atoms with Crippen LogP contribution in [0, 0.1) is 9.39 Å². The minimum absolute atomic E-state index is 0.272. The van der Waals surface area contributed by atoms with E-state index in [0.29, 0.717) is 17.5 Å². The first kappa shape index (κ1) is 14.7. The standard InChI is InChI=1S/C16H9ClFIO2/c17-14-6-9(18)2-1-8(14)5-12-11-4-3-10(19)7-13(11)16(21)15(12)20/h1-4,6-7,12H,5H2. The minimum Gasteiger partial charge on any atom is -0.290 e. The fourth-order valence-electron chi connectivity index (χ4n) is 2.57. The van der Waals surface area contributed by atoms with Gasteiger partial charge in [-0.3, -0.25) is 9.59 Å². The van der Waals surface area contributed by atoms with Gasteiger partial charge in [0.1, 0.15) is 5.82 Å². The van der Waals surface area contributed by atoms with Crippen molar-refractivity contribution >= 4 is 45.8 Å². The number of carbonyl (C=O) groups is 2. The van der Waals surface area contributed by atoms with Crippen LogP contribution in [0.1, 0.15) is 27.4 Å². The molecule has 1 aliphatic carbocycles. The smallest absolute Gasteiger partial charge is 0.229 e. The number of benzene rings is 2. The van der Waals surface area contributed by atoms with Crippen LogP contribution in [0.5, 0.6) is 0 Å². The van der Waals surface area contributed by atoms with E-state index in [1.54, 1.807) is 12.1 Å². The molecule has 0 amide bonds. The van der Waals surface area contributed by atoms with Crippen LogP contribution in [0.25, 0.3) is 0 Å². The molecule has 0 radical (unpaired) electrons. The van der Waals surface area contributed by atoms with Crippen LogP contribution in [0.3, 0.4) is 0 Å². The van der Waals surface area contributed by atoms with Crippen molar-refractivity contribution in [1.29, 1.82) is 0 Å². The van der Waals surface area contributed by atoms with Crippen molar-refractivity contribution in [3.05, 3.63) is 67.5 Å². The van der Waals surface area contributed by atoms with Crippen LogP contribution < -0.4 is 0 Å². The molecule has 0 heterocycles. The highest BCUT2D eigenvalue weighted by Crippen LogP contribution is 2.35. The van der Waals surface area contributed by atoms with Gasteiger partial charge in [0, 0.05) is 14.2 Å². The number of Topliss-reactive ketones (excluding diaryl/α,β-unsaturated/α-hetero) is 2. The summed E-state index contributed by atoms with van der Waals surface area (Å²) < 4.78 is 14.0. The molecule has 0 spiro atoms. The Hall–Kier alpha value is -1.27. The predicted molar refractivity (Wildman–Crippen MR) is 86.4 cm³/mol. The van der Waals surface area contributed by atoms with E-state index in [1.165, 1.54) is 12.1 Å². The minimum atomic E-state index is -0.535. The van der Waals surface area contributed by atoms with E-state index in [1.807, 2.05) is 12.1 Å². The summed E-state index contributed by atoms with van der Waals surface area (Å²) in [6.07, 6.45) is 0.303. The third-order valence-corrected chi connectivity index (χ3v) is 4.64. The van der Waals surface area contributed by atoms with Crippen molar-refractivity contribution < 1.29 is 14.0 Å². The zero-order valence-corrected chi connectivity index (χ0v) is 13.6. The quantitative estimate of drug-likeness (QED) is 0.546. The van der Waals surface area contributed by atoms with Crippen molar-refractivity contribution in [3.8, 4) is 0 Å². The monoisotopic (exact) mass is 414 g/mol. The molecule has 0 N–H and O–H groups in total. The summed E-state index contributed by atoms with van der Waals surface area (Å²) in [5.74, 6) is -1.83. The largest absolute Gasteiger partial charge is 0.290 e. The molecule has 1 unspecified atom stereocenters. The van der Waals surface area contributed by atoms with E-state index < -0.39 is 23.3 Å². The Morgan fingerprint density at radius 2 is 1.90 bits per heavy atom. The average Bonchev–Trinajstić information content (AvgIpc) is 2.66. The second kappa shape index (κ2) is 5.50. The molecule has 0 aliphatic heterocycles. The van der Waals surface area contributed by atoms with Gasteiger partial charge in [-0.05, 0) is 64.4 Å². The number of fused-ring (bicyclic) bond motifs is 1. The molecule has 3 rings (SSSR count). The molecule has 0 saturated carbocycles. The summed E-state index contributed by atoms with van der Waals surface area (Å²) in [5, 5.41) is 0.272. The highest BCUT2D eigenvalue weighted by Gasteiger charge is 2.38. The Morgan fingerprint density at radius 1 is 1.14 bits per heavy atom. The van der Waals surface area contributed by atoms with Gasteiger partial charge >= 0.3 is 0 Å². The lowest BCUT2D eigenvalue weighted by molar-refractivity contribution is -0.115. The zero-order valence-electron chi connectivity index (χ0n) is 10.7. The molecule has 5 heteroatoms. The van der Waals surface area contributed by atoms with Crippen LogP contribution >= 0.6 is 34.2 Å². The molecular weight excluding hydrogens is 406 g/mol. The topological polar surface area (TPSA) is 34.1 Å². The number of carbonyl (C=O) groups excluding carboxylic acids is 2. The van der Waals surface area contributed by atoms with E-state index in [-0.39, 0.29) is 5.02 Å². The zero-order chi connectivity index (χ0) is 15.1. The first-order valence-corrected chi connectivity index (χ1v) is 7.75. The van der Waals surface area contributed by atoms with E-state index in [9.17, 15) is 14.0 Å². The maximum atomic E-state index is 13.1. The van der Waals surface area contributed by atoms with Crippen LogP contribution in [0.4, 0.5) is 4.39 Å². The Labute approximate surface area is 139 Å². The third kappa shape index (κ3) is 2.62. The van der Waals surface area contributed by atoms with Gasteiger partial charge in [0.2, 0.25) is 11.6 Å². The van der Waals surface area contributed by atoms with Crippen molar-refractivity contribution in [2.24, 2.45) is 0 Å². The maximum absolute atomic E-state index is 13.1. The van der Waals surface area contributed by atoms with Crippen molar-refractivity contribution in [3.63, 3.8) is 0 Å². The average molecular weight is 415 g/mol. The summed E-state index contributed by atoms with van der Waals surface area (Å²) in [4.78, 5) is 24.2. The van der Waals surface area contributed by atoms with Crippen molar-refractivity contribution in [2.45, 2.75) is 12.3 Å². The molecule has 0 bridgehead atoms. The van der Waals surface area contributed by atoms with Crippen molar-refractivity contribution in [2.75, 3.05) is 0 Å². The third-order valence-electron chi connectivity index (χ3n) is 3.61. The second-order valence-electron chi connectivity index (χ2n) is 4.92. The Morgan fingerprint density at radius 3 is 2.62 bits per heavy atom. The molecule has 0 aromatic heterocycles. The summed E-state index contributed by atoms with van der Waals surface area (Å²) in [6.45, 7) is 0. The molecule has 2 aromatic rings. The van der Waals surface area contributed by atoms with Crippen LogP contribution in [0.15, 0.2) is 36.4 Å². The normalized spacial score (nSPS) is 17.2. The molecule has 0 fully saturated rings. The number of hydrogen-bond acceptors (Lipinski definition) is 2. The molecule has 1 aliphatic rings. The predicted octanol–water partition coefficient (Wildman–Crippen LogP) is 4.18. The summed E-state index contributed by atoms with van der Waals surface area (Å²) in [6, 6.07) is 9.47. The Kier molecular flexibility index (Phi) is 3.84. The van der Waals surface area contributed by atoms with Gasteiger partial charge in [-0.15, -0.1) is 0 Å². The van der Waals surface area contributed by atoms with Crippen molar-refractivity contribution in [1.82, 2.24) is 0 Å². The van der Waals surface area contributed by atoms with Gasteiger partial charge in [0.25, 0.3) is 0 Å². The van der Waals surface area contributed by atoms with Crippen LogP contribution in [-0.2, 0) is 11.2 Å². The molecular formula is C16H9ClFIO2. The molecule has 2 nitrogen and oxygen atoms in total. The fourth-order valence-corrected chi connectivity index (χ4v) is 3.31. The first-order valence-electron chi connectivity index (χ1n) is 6.29.